The lowest BCUT2D eigenvalue weighted by Gasteiger charge is -2.26. The molecule has 2 aliphatic rings. The van der Waals surface area contributed by atoms with Crippen LogP contribution in [0.2, 0.25) is 0 Å². The SMILES string of the molecule is c1ccc(CN2CC3Cc4ccccc4CC3C2)cc1. The summed E-state index contributed by atoms with van der Waals surface area (Å²) in [5.74, 6) is 1.74. The maximum atomic E-state index is 2.65. The van der Waals surface area contributed by atoms with Gasteiger partial charge >= 0.3 is 0 Å². The number of hydrogen-bond donors (Lipinski definition) is 0. The quantitative estimate of drug-likeness (QED) is 0.801. The number of fused-ring (bicyclic) bond motifs is 2. The lowest BCUT2D eigenvalue weighted by molar-refractivity contribution is 0.314. The first kappa shape index (κ1) is 12.2. The van der Waals surface area contributed by atoms with Crippen molar-refractivity contribution in [3.8, 4) is 0 Å². The number of rotatable bonds is 2. The molecule has 4 rings (SSSR count). The van der Waals surface area contributed by atoms with Gasteiger partial charge in [-0.3, -0.25) is 4.90 Å². The van der Waals surface area contributed by atoms with Crippen molar-refractivity contribution in [2.24, 2.45) is 11.8 Å². The molecule has 1 fully saturated rings. The molecule has 20 heavy (non-hydrogen) atoms. The molecule has 2 aromatic rings. The molecule has 2 unspecified atom stereocenters. The standard InChI is InChI=1S/C19H21N/c1-2-6-15(7-3-1)12-20-13-18-10-16-8-4-5-9-17(16)11-19(18)14-20/h1-9,18-19H,10-14H2. The van der Waals surface area contributed by atoms with Gasteiger partial charge in [-0.1, -0.05) is 54.6 Å². The number of benzene rings is 2. The Morgan fingerprint density at radius 3 is 1.90 bits per heavy atom. The molecular weight excluding hydrogens is 242 g/mol. The van der Waals surface area contributed by atoms with Crippen LogP contribution >= 0.6 is 0 Å². The van der Waals surface area contributed by atoms with Crippen LogP contribution in [-0.2, 0) is 19.4 Å². The van der Waals surface area contributed by atoms with Crippen molar-refractivity contribution >= 4 is 0 Å². The lowest BCUT2D eigenvalue weighted by Crippen LogP contribution is -2.23. The fraction of sp³-hybridized carbons (Fsp3) is 0.368. The van der Waals surface area contributed by atoms with E-state index in [1.807, 2.05) is 0 Å². The summed E-state index contributed by atoms with van der Waals surface area (Å²) in [6, 6.07) is 19.9. The fourth-order valence-corrected chi connectivity index (χ4v) is 3.99. The van der Waals surface area contributed by atoms with Crippen molar-refractivity contribution in [2.75, 3.05) is 13.1 Å². The van der Waals surface area contributed by atoms with Gasteiger partial charge in [0, 0.05) is 19.6 Å². The predicted molar refractivity (Wildman–Crippen MR) is 82.5 cm³/mol. The Kier molecular flexibility index (Phi) is 3.08. The van der Waals surface area contributed by atoms with Gasteiger partial charge in [-0.2, -0.15) is 0 Å². The van der Waals surface area contributed by atoms with Crippen molar-refractivity contribution in [1.29, 1.82) is 0 Å². The van der Waals surface area contributed by atoms with Crippen molar-refractivity contribution in [1.82, 2.24) is 4.90 Å². The highest BCUT2D eigenvalue weighted by molar-refractivity contribution is 5.31. The van der Waals surface area contributed by atoms with Gasteiger partial charge in [0.25, 0.3) is 0 Å². The molecule has 2 atom stereocenters. The molecule has 1 aliphatic carbocycles. The summed E-state index contributed by atoms with van der Waals surface area (Å²) in [6.45, 7) is 3.66. The Morgan fingerprint density at radius 1 is 0.750 bits per heavy atom. The number of likely N-dealkylation sites (tertiary alicyclic amines) is 1. The van der Waals surface area contributed by atoms with Crippen molar-refractivity contribution in [2.45, 2.75) is 19.4 Å². The first-order chi connectivity index (χ1) is 9.88. The summed E-state index contributed by atoms with van der Waals surface area (Å²) in [5, 5.41) is 0. The van der Waals surface area contributed by atoms with E-state index < -0.39 is 0 Å². The largest absolute Gasteiger partial charge is 0.298 e. The van der Waals surface area contributed by atoms with Crippen LogP contribution < -0.4 is 0 Å². The van der Waals surface area contributed by atoms with Crippen molar-refractivity contribution in [3.63, 3.8) is 0 Å². The van der Waals surface area contributed by atoms with Crippen molar-refractivity contribution in [3.05, 3.63) is 71.3 Å². The predicted octanol–water partition coefficient (Wildman–Crippen LogP) is 3.53. The zero-order chi connectivity index (χ0) is 13.4. The van der Waals surface area contributed by atoms with Gasteiger partial charge in [0.1, 0.15) is 0 Å². The molecule has 2 aromatic carbocycles. The molecule has 0 amide bonds. The van der Waals surface area contributed by atoms with Crippen LogP contribution in [0.4, 0.5) is 0 Å². The van der Waals surface area contributed by atoms with E-state index in [1.54, 1.807) is 11.1 Å². The Hall–Kier alpha value is -1.60. The summed E-state index contributed by atoms with van der Waals surface area (Å²) in [5.41, 5.74) is 4.63. The highest BCUT2D eigenvalue weighted by atomic mass is 15.2. The molecular formula is C19H21N. The second-order valence-corrected chi connectivity index (χ2v) is 6.38. The molecule has 1 heterocycles. The number of nitrogens with zero attached hydrogens (tertiary/aromatic N) is 1. The van der Waals surface area contributed by atoms with Crippen LogP contribution in [0.25, 0.3) is 0 Å². The first-order valence-electron chi connectivity index (χ1n) is 7.71. The second kappa shape index (κ2) is 5.06. The van der Waals surface area contributed by atoms with Crippen LogP contribution in [0, 0.1) is 11.8 Å². The fourth-order valence-electron chi connectivity index (χ4n) is 3.99. The van der Waals surface area contributed by atoms with Gasteiger partial charge in [0.05, 0.1) is 0 Å². The Morgan fingerprint density at radius 2 is 1.30 bits per heavy atom. The average Bonchev–Trinajstić information content (AvgIpc) is 2.86. The van der Waals surface area contributed by atoms with Gasteiger partial charge in [-0.25, -0.2) is 0 Å². The molecule has 0 saturated carbocycles. The maximum absolute atomic E-state index is 2.65. The minimum Gasteiger partial charge on any atom is -0.298 e. The molecule has 0 spiro atoms. The Bertz CT molecular complexity index is 557. The summed E-state index contributed by atoms with van der Waals surface area (Å²) < 4.78 is 0. The molecule has 1 saturated heterocycles. The summed E-state index contributed by atoms with van der Waals surface area (Å²) in [4.78, 5) is 2.65. The first-order valence-corrected chi connectivity index (χ1v) is 7.71. The van der Waals surface area contributed by atoms with E-state index in [4.69, 9.17) is 0 Å². The Labute approximate surface area is 121 Å². The molecule has 0 bridgehead atoms. The number of hydrogen-bond acceptors (Lipinski definition) is 1. The zero-order valence-electron chi connectivity index (χ0n) is 11.8. The zero-order valence-corrected chi connectivity index (χ0v) is 11.8. The molecule has 0 N–H and O–H groups in total. The van der Waals surface area contributed by atoms with Crippen molar-refractivity contribution < 1.29 is 0 Å². The monoisotopic (exact) mass is 263 g/mol. The van der Waals surface area contributed by atoms with E-state index in [0.29, 0.717) is 0 Å². The molecule has 102 valence electrons. The van der Waals surface area contributed by atoms with Gasteiger partial charge in [0.15, 0.2) is 0 Å². The average molecular weight is 263 g/mol. The van der Waals surface area contributed by atoms with E-state index in [0.717, 1.165) is 18.4 Å². The summed E-state index contributed by atoms with van der Waals surface area (Å²) in [7, 11) is 0. The van der Waals surface area contributed by atoms with E-state index in [-0.39, 0.29) is 0 Å². The topological polar surface area (TPSA) is 3.24 Å². The van der Waals surface area contributed by atoms with Crippen LogP contribution in [-0.4, -0.2) is 18.0 Å². The van der Waals surface area contributed by atoms with Crippen LogP contribution in [0.3, 0.4) is 0 Å². The summed E-state index contributed by atoms with van der Waals surface area (Å²) in [6.07, 6.45) is 2.57. The maximum Gasteiger partial charge on any atom is 0.0233 e. The molecule has 1 aliphatic heterocycles. The molecule has 1 nitrogen and oxygen atoms in total. The van der Waals surface area contributed by atoms with E-state index in [1.165, 1.54) is 31.5 Å². The van der Waals surface area contributed by atoms with Gasteiger partial charge in [-0.05, 0) is 41.4 Å². The van der Waals surface area contributed by atoms with Gasteiger partial charge in [0.2, 0.25) is 0 Å². The van der Waals surface area contributed by atoms with Crippen LogP contribution in [0.5, 0.6) is 0 Å². The minimum atomic E-state index is 0.869. The Balaban J connectivity index is 1.47. The van der Waals surface area contributed by atoms with E-state index in [9.17, 15) is 0 Å². The van der Waals surface area contributed by atoms with Gasteiger partial charge < -0.3 is 0 Å². The highest BCUT2D eigenvalue weighted by Gasteiger charge is 2.35. The lowest BCUT2D eigenvalue weighted by atomic mass is 9.78. The highest BCUT2D eigenvalue weighted by Crippen LogP contribution is 2.36. The molecule has 0 aromatic heterocycles. The third-order valence-corrected chi connectivity index (χ3v) is 4.98. The van der Waals surface area contributed by atoms with Crippen LogP contribution in [0.15, 0.2) is 54.6 Å². The van der Waals surface area contributed by atoms with E-state index >= 15 is 0 Å². The summed E-state index contributed by atoms with van der Waals surface area (Å²) >= 11 is 0. The minimum absolute atomic E-state index is 0.869. The third kappa shape index (κ3) is 2.27. The normalized spacial score (nSPS) is 25.2. The van der Waals surface area contributed by atoms with Gasteiger partial charge in [-0.15, -0.1) is 0 Å². The van der Waals surface area contributed by atoms with E-state index in [2.05, 4.69) is 59.5 Å². The smallest absolute Gasteiger partial charge is 0.0233 e. The third-order valence-electron chi connectivity index (χ3n) is 4.98. The molecule has 0 radical (unpaired) electrons. The second-order valence-electron chi connectivity index (χ2n) is 6.38. The van der Waals surface area contributed by atoms with Crippen LogP contribution in [0.1, 0.15) is 16.7 Å². The molecule has 1 heteroatoms.